The molecule has 0 N–H and O–H groups in total. The van der Waals surface area contributed by atoms with Crippen molar-refractivity contribution in [3.8, 4) is 0 Å². The van der Waals surface area contributed by atoms with Gasteiger partial charge in [-0.3, -0.25) is 15.1 Å². The monoisotopic (exact) mass is 351 g/mol. The molecule has 0 aliphatic carbocycles. The zero-order valence-corrected chi connectivity index (χ0v) is 16.0. The molecule has 5 heteroatoms. The van der Waals surface area contributed by atoms with Crippen LogP contribution in [0, 0.1) is 17.0 Å². The number of hydrogen-bond donors (Lipinski definition) is 0. The van der Waals surface area contributed by atoms with E-state index >= 15 is 0 Å². The van der Waals surface area contributed by atoms with Crippen LogP contribution in [0.2, 0.25) is 0 Å². The summed E-state index contributed by atoms with van der Waals surface area (Å²) in [6.07, 6.45) is 2.88. The van der Waals surface area contributed by atoms with Crippen LogP contribution in [0.4, 0.5) is 17.1 Å². The molecule has 1 aliphatic heterocycles. The average Bonchev–Trinajstić information content (AvgIpc) is 2.58. The fourth-order valence-corrected chi connectivity index (χ4v) is 3.70. The smallest absolute Gasteiger partial charge is 0.274 e. The Kier molecular flexibility index (Phi) is 4.57. The molecule has 1 heterocycles. The lowest BCUT2D eigenvalue weighted by atomic mass is 9.80. The number of benzene rings is 2. The van der Waals surface area contributed by atoms with Crippen molar-refractivity contribution in [2.45, 2.75) is 45.6 Å². The van der Waals surface area contributed by atoms with Crippen LogP contribution in [0.25, 0.3) is 0 Å². The van der Waals surface area contributed by atoms with E-state index in [1.54, 1.807) is 25.3 Å². The molecule has 5 nitrogen and oxygen atoms in total. The van der Waals surface area contributed by atoms with Crippen LogP contribution in [0.5, 0.6) is 0 Å². The largest absolute Gasteiger partial charge is 0.369 e. The van der Waals surface area contributed by atoms with Gasteiger partial charge in [0.2, 0.25) is 0 Å². The summed E-state index contributed by atoms with van der Waals surface area (Å²) in [6.45, 7) is 8.53. The molecule has 1 aliphatic rings. The fraction of sp³-hybridized carbons (Fsp3) is 0.381. The molecule has 26 heavy (non-hydrogen) atoms. The molecule has 0 aromatic heterocycles. The molecule has 0 fully saturated rings. The first-order valence-electron chi connectivity index (χ1n) is 8.86. The Hall–Kier alpha value is -2.69. The van der Waals surface area contributed by atoms with Gasteiger partial charge in [0, 0.05) is 36.1 Å². The highest BCUT2D eigenvalue weighted by Crippen LogP contribution is 2.42. The van der Waals surface area contributed by atoms with Crippen LogP contribution in [-0.4, -0.2) is 23.7 Å². The second kappa shape index (κ2) is 6.56. The maximum absolute atomic E-state index is 11.1. The van der Waals surface area contributed by atoms with Crippen LogP contribution in [-0.2, 0) is 0 Å². The van der Waals surface area contributed by atoms with E-state index in [-0.39, 0.29) is 16.1 Å². The summed E-state index contributed by atoms with van der Waals surface area (Å²) in [5, 5.41) is 11.1. The molecule has 0 bridgehead atoms. The minimum Gasteiger partial charge on any atom is -0.369 e. The van der Waals surface area contributed by atoms with Gasteiger partial charge in [-0.2, -0.15) is 0 Å². The molecular formula is C21H25N3O2. The second-order valence-corrected chi connectivity index (χ2v) is 7.78. The highest BCUT2D eigenvalue weighted by Gasteiger charge is 2.33. The van der Waals surface area contributed by atoms with Crippen LogP contribution >= 0.6 is 0 Å². The topological polar surface area (TPSA) is 58.7 Å². The Morgan fingerprint density at radius 3 is 2.69 bits per heavy atom. The number of nitrogens with zero attached hydrogens (tertiary/aromatic N) is 3. The van der Waals surface area contributed by atoms with Crippen molar-refractivity contribution in [1.82, 2.24) is 0 Å². The van der Waals surface area contributed by atoms with Crippen molar-refractivity contribution in [3.05, 3.63) is 63.2 Å². The summed E-state index contributed by atoms with van der Waals surface area (Å²) < 4.78 is 0. The Balaban J connectivity index is 1.91. The SMILES string of the molecule is Cc1ccc(N=Cc2ccc3c(c2)C(C)CC(C)(C)N3C)cc1[N+](=O)[O-]. The molecule has 0 spiro atoms. The van der Waals surface area contributed by atoms with Crippen LogP contribution in [0.1, 0.15) is 49.8 Å². The molecule has 136 valence electrons. The number of aryl methyl sites for hydroxylation is 1. The number of fused-ring (bicyclic) bond motifs is 1. The Labute approximate surface area is 154 Å². The minimum atomic E-state index is -0.369. The van der Waals surface area contributed by atoms with Gasteiger partial charge in [-0.1, -0.05) is 19.1 Å². The average molecular weight is 351 g/mol. The predicted molar refractivity (Wildman–Crippen MR) is 107 cm³/mol. The third-order valence-corrected chi connectivity index (χ3v) is 5.41. The van der Waals surface area contributed by atoms with E-state index in [4.69, 9.17) is 0 Å². The Morgan fingerprint density at radius 2 is 2.00 bits per heavy atom. The quantitative estimate of drug-likeness (QED) is 0.424. The van der Waals surface area contributed by atoms with Gasteiger partial charge in [0.05, 0.1) is 10.6 Å². The zero-order valence-electron chi connectivity index (χ0n) is 16.0. The van der Waals surface area contributed by atoms with Crippen LogP contribution in [0.3, 0.4) is 0 Å². The molecule has 0 amide bonds. The molecule has 2 aromatic rings. The first kappa shape index (κ1) is 18.1. The number of hydrogen-bond acceptors (Lipinski definition) is 4. The normalized spacial score (nSPS) is 18.8. The van der Waals surface area contributed by atoms with Crippen molar-refractivity contribution in [2.75, 3.05) is 11.9 Å². The predicted octanol–water partition coefficient (Wildman–Crippen LogP) is 5.38. The van der Waals surface area contributed by atoms with Crippen molar-refractivity contribution < 1.29 is 4.92 Å². The molecule has 1 unspecified atom stereocenters. The zero-order chi connectivity index (χ0) is 19.1. The van der Waals surface area contributed by atoms with E-state index in [1.165, 1.54) is 17.3 Å². The van der Waals surface area contributed by atoms with Gasteiger partial charge in [0.15, 0.2) is 0 Å². The number of rotatable bonds is 3. The lowest BCUT2D eigenvalue weighted by molar-refractivity contribution is -0.385. The van der Waals surface area contributed by atoms with Crippen molar-refractivity contribution in [2.24, 2.45) is 4.99 Å². The molecule has 1 atom stereocenters. The van der Waals surface area contributed by atoms with E-state index in [9.17, 15) is 10.1 Å². The van der Waals surface area contributed by atoms with Gasteiger partial charge in [0.25, 0.3) is 5.69 Å². The first-order chi connectivity index (χ1) is 12.2. The van der Waals surface area contributed by atoms with Crippen molar-refractivity contribution in [1.29, 1.82) is 0 Å². The summed E-state index contributed by atoms with van der Waals surface area (Å²) in [6, 6.07) is 11.4. The molecule has 2 aromatic carbocycles. The van der Waals surface area contributed by atoms with E-state index in [0.29, 0.717) is 17.2 Å². The summed E-state index contributed by atoms with van der Waals surface area (Å²) in [5.41, 5.74) is 5.06. The molecule has 0 saturated heterocycles. The molecule has 0 saturated carbocycles. The summed E-state index contributed by atoms with van der Waals surface area (Å²) in [7, 11) is 2.14. The second-order valence-electron chi connectivity index (χ2n) is 7.78. The number of nitro groups is 1. The van der Waals surface area contributed by atoms with Gasteiger partial charge in [-0.05, 0) is 62.4 Å². The van der Waals surface area contributed by atoms with Gasteiger partial charge in [0.1, 0.15) is 0 Å². The lowest BCUT2D eigenvalue weighted by Crippen LogP contribution is -2.45. The fourth-order valence-electron chi connectivity index (χ4n) is 3.70. The number of nitro benzene ring substituents is 1. The van der Waals surface area contributed by atoms with Crippen molar-refractivity contribution >= 4 is 23.3 Å². The lowest BCUT2D eigenvalue weighted by Gasteiger charge is -2.45. The Bertz CT molecular complexity index is 887. The van der Waals surface area contributed by atoms with Crippen LogP contribution in [0.15, 0.2) is 41.4 Å². The number of anilines is 1. The highest BCUT2D eigenvalue weighted by atomic mass is 16.6. The maximum atomic E-state index is 11.1. The standard InChI is InChI=1S/C21H25N3O2/c1-14-6-8-17(11-20(14)24(25)26)22-13-16-7-9-19-18(10-16)15(2)12-21(3,4)23(19)5/h6-11,13,15H,12H2,1-5H3. The first-order valence-corrected chi connectivity index (χ1v) is 8.86. The number of aliphatic imine (C=N–C) groups is 1. The van der Waals surface area contributed by atoms with E-state index in [1.807, 2.05) is 0 Å². The van der Waals surface area contributed by atoms with Gasteiger partial charge < -0.3 is 4.90 Å². The summed E-state index contributed by atoms with van der Waals surface area (Å²) >= 11 is 0. The Morgan fingerprint density at radius 1 is 1.27 bits per heavy atom. The van der Waals surface area contributed by atoms with E-state index in [2.05, 4.69) is 55.9 Å². The summed E-state index contributed by atoms with van der Waals surface area (Å²) in [5.74, 6) is 0.477. The van der Waals surface area contributed by atoms with Gasteiger partial charge >= 0.3 is 0 Å². The summed E-state index contributed by atoms with van der Waals surface area (Å²) in [4.78, 5) is 17.5. The highest BCUT2D eigenvalue weighted by molar-refractivity contribution is 5.84. The minimum absolute atomic E-state index is 0.0996. The van der Waals surface area contributed by atoms with E-state index in [0.717, 1.165) is 12.0 Å². The molecule has 3 rings (SSSR count). The maximum Gasteiger partial charge on any atom is 0.274 e. The molecule has 0 radical (unpaired) electrons. The van der Waals surface area contributed by atoms with Crippen molar-refractivity contribution in [3.63, 3.8) is 0 Å². The van der Waals surface area contributed by atoms with E-state index < -0.39 is 0 Å². The van der Waals surface area contributed by atoms with Crippen LogP contribution < -0.4 is 4.90 Å². The molecular weight excluding hydrogens is 326 g/mol. The third-order valence-electron chi connectivity index (χ3n) is 5.41. The van der Waals surface area contributed by atoms with Gasteiger partial charge in [-0.15, -0.1) is 0 Å². The third kappa shape index (κ3) is 3.34. The van der Waals surface area contributed by atoms with Gasteiger partial charge in [-0.25, -0.2) is 0 Å².